The summed E-state index contributed by atoms with van der Waals surface area (Å²) in [5.74, 6) is -0.368. The molecule has 1 aromatic carbocycles. The summed E-state index contributed by atoms with van der Waals surface area (Å²) in [5.41, 5.74) is 1.19. The summed E-state index contributed by atoms with van der Waals surface area (Å²) >= 11 is 6.49. The summed E-state index contributed by atoms with van der Waals surface area (Å²) in [4.78, 5) is 0. The number of aliphatic hydroxyl groups is 1. The fourth-order valence-corrected chi connectivity index (χ4v) is 2.75. The van der Waals surface area contributed by atoms with E-state index >= 15 is 0 Å². The van der Waals surface area contributed by atoms with Gasteiger partial charge >= 0.3 is 0 Å². The molecule has 108 valence electrons. The highest BCUT2D eigenvalue weighted by Crippen LogP contribution is 2.30. The molecule has 0 amide bonds. The molecule has 0 aliphatic heterocycles. The van der Waals surface area contributed by atoms with Crippen LogP contribution in [0.25, 0.3) is 0 Å². The van der Waals surface area contributed by atoms with Gasteiger partial charge in [-0.25, -0.2) is 4.39 Å². The largest absolute Gasteiger partial charge is 0.383 e. The smallest absolute Gasteiger partial charge is 0.137 e. The molecule has 0 bridgehead atoms. The topological polar surface area (TPSA) is 47.3 Å². The zero-order chi connectivity index (χ0) is 14.7. The molecule has 1 atom stereocenters. The monoisotopic (exact) mass is 406 g/mol. The van der Waals surface area contributed by atoms with Crippen molar-refractivity contribution >= 4 is 31.9 Å². The molecule has 1 aromatic heterocycles. The Bertz CT molecular complexity index is 604. The fraction of sp³-hybridized carbons (Fsp3) is 0.308. The number of hydrogen-bond donors (Lipinski definition) is 1. The molecule has 20 heavy (non-hydrogen) atoms. The zero-order valence-electron chi connectivity index (χ0n) is 10.7. The van der Waals surface area contributed by atoms with Gasteiger partial charge in [0.15, 0.2) is 0 Å². The average Bonchev–Trinajstić information content (AvgIpc) is 2.80. The molecule has 1 N–H and O–H groups in total. The first-order valence-electron chi connectivity index (χ1n) is 5.87. The van der Waals surface area contributed by atoms with Gasteiger partial charge in [-0.2, -0.15) is 5.10 Å². The van der Waals surface area contributed by atoms with E-state index in [1.807, 2.05) is 0 Å². The lowest BCUT2D eigenvalue weighted by atomic mass is 10.1. The molecule has 1 unspecified atom stereocenters. The van der Waals surface area contributed by atoms with E-state index in [0.29, 0.717) is 33.4 Å². The number of halogens is 3. The maximum absolute atomic E-state index is 13.3. The number of benzene rings is 1. The molecule has 2 rings (SSSR count). The lowest BCUT2D eigenvalue weighted by Gasteiger charge is -2.15. The van der Waals surface area contributed by atoms with Gasteiger partial charge in [0, 0.05) is 7.11 Å². The van der Waals surface area contributed by atoms with Crippen molar-refractivity contribution in [3.8, 4) is 0 Å². The highest BCUT2D eigenvalue weighted by atomic mass is 79.9. The van der Waals surface area contributed by atoms with Crippen molar-refractivity contribution in [3.05, 3.63) is 50.4 Å². The van der Waals surface area contributed by atoms with E-state index in [1.54, 1.807) is 30.1 Å². The van der Waals surface area contributed by atoms with Crippen molar-refractivity contribution < 1.29 is 14.2 Å². The highest BCUT2D eigenvalue weighted by Gasteiger charge is 2.20. The van der Waals surface area contributed by atoms with Crippen molar-refractivity contribution in [2.45, 2.75) is 12.6 Å². The zero-order valence-corrected chi connectivity index (χ0v) is 13.9. The van der Waals surface area contributed by atoms with Gasteiger partial charge in [0.25, 0.3) is 0 Å². The Morgan fingerprint density at radius 2 is 2.15 bits per heavy atom. The third kappa shape index (κ3) is 3.28. The van der Waals surface area contributed by atoms with Gasteiger partial charge in [0.1, 0.15) is 11.9 Å². The summed E-state index contributed by atoms with van der Waals surface area (Å²) in [7, 11) is 1.60. The maximum atomic E-state index is 13.3. The van der Waals surface area contributed by atoms with Crippen LogP contribution < -0.4 is 0 Å². The molecule has 0 aliphatic carbocycles. The lowest BCUT2D eigenvalue weighted by molar-refractivity contribution is 0.171. The minimum absolute atomic E-state index is 0.313. The second kappa shape index (κ2) is 6.80. The van der Waals surface area contributed by atoms with Crippen LogP contribution >= 0.6 is 31.9 Å². The predicted molar refractivity (Wildman–Crippen MR) is 80.0 cm³/mol. The molecule has 0 aliphatic rings. The van der Waals surface area contributed by atoms with Crippen molar-refractivity contribution in [3.63, 3.8) is 0 Å². The lowest BCUT2D eigenvalue weighted by Crippen LogP contribution is -2.13. The number of aromatic nitrogens is 2. The second-order valence-electron chi connectivity index (χ2n) is 4.17. The van der Waals surface area contributed by atoms with Crippen LogP contribution in [-0.2, 0) is 11.3 Å². The first-order valence-corrected chi connectivity index (χ1v) is 7.46. The molecule has 2 aromatic rings. The SMILES string of the molecule is COCCn1ncc(Br)c1C(O)c1ccc(F)c(Br)c1. The standard InChI is InChI=1S/C13H13Br2FN2O2/c1-20-5-4-18-12(10(15)7-17-18)13(19)8-2-3-11(16)9(14)6-8/h2-3,6-7,13,19H,4-5H2,1H3. The van der Waals surface area contributed by atoms with E-state index in [0.717, 1.165) is 0 Å². The molecular formula is C13H13Br2FN2O2. The Balaban J connectivity index is 2.34. The normalized spacial score (nSPS) is 12.7. The summed E-state index contributed by atoms with van der Waals surface area (Å²) in [6.45, 7) is 1.01. The van der Waals surface area contributed by atoms with Gasteiger partial charge in [0.2, 0.25) is 0 Å². The molecule has 4 nitrogen and oxygen atoms in total. The number of aliphatic hydroxyl groups excluding tert-OH is 1. The molecule has 0 fully saturated rings. The van der Waals surface area contributed by atoms with Gasteiger partial charge in [-0.3, -0.25) is 4.68 Å². The number of hydrogen-bond acceptors (Lipinski definition) is 3. The number of nitrogens with zero attached hydrogens (tertiary/aromatic N) is 2. The maximum Gasteiger partial charge on any atom is 0.137 e. The van der Waals surface area contributed by atoms with Crippen molar-refractivity contribution in [2.24, 2.45) is 0 Å². The fourth-order valence-electron chi connectivity index (χ4n) is 1.84. The van der Waals surface area contributed by atoms with E-state index in [4.69, 9.17) is 4.74 Å². The van der Waals surface area contributed by atoms with Crippen LogP contribution in [0.15, 0.2) is 33.3 Å². The summed E-state index contributed by atoms with van der Waals surface area (Å²) in [6.07, 6.45) is 0.716. The Kier molecular flexibility index (Phi) is 5.31. The van der Waals surface area contributed by atoms with Crippen LogP contribution in [0.4, 0.5) is 4.39 Å². The molecule has 0 saturated carbocycles. The minimum Gasteiger partial charge on any atom is -0.383 e. The first-order chi connectivity index (χ1) is 9.54. The van der Waals surface area contributed by atoms with Crippen molar-refractivity contribution in [2.75, 3.05) is 13.7 Å². The predicted octanol–water partition coefficient (Wildman–Crippen LogP) is 3.28. The van der Waals surface area contributed by atoms with Gasteiger partial charge in [-0.05, 0) is 49.6 Å². The average molecular weight is 408 g/mol. The first kappa shape index (κ1) is 15.6. The van der Waals surface area contributed by atoms with E-state index < -0.39 is 6.10 Å². The Hall–Kier alpha value is -0.760. The molecule has 7 heteroatoms. The van der Waals surface area contributed by atoms with Crippen LogP contribution in [0, 0.1) is 5.82 Å². The van der Waals surface area contributed by atoms with Crippen LogP contribution in [0.3, 0.4) is 0 Å². The minimum atomic E-state index is -0.902. The Labute approximate surface area is 132 Å². The van der Waals surface area contributed by atoms with Gasteiger partial charge in [-0.1, -0.05) is 6.07 Å². The number of methoxy groups -OCH3 is 1. The third-order valence-corrected chi connectivity index (χ3v) is 4.08. The number of rotatable bonds is 5. The molecular weight excluding hydrogens is 395 g/mol. The van der Waals surface area contributed by atoms with Crippen molar-refractivity contribution in [1.82, 2.24) is 9.78 Å². The summed E-state index contributed by atoms with van der Waals surface area (Å²) in [6, 6.07) is 4.41. The third-order valence-electron chi connectivity index (χ3n) is 2.86. The quantitative estimate of drug-likeness (QED) is 0.827. The van der Waals surface area contributed by atoms with Crippen LogP contribution in [0.2, 0.25) is 0 Å². The Morgan fingerprint density at radius 3 is 2.80 bits per heavy atom. The van der Waals surface area contributed by atoms with Crippen LogP contribution in [-0.4, -0.2) is 28.6 Å². The molecule has 0 saturated heterocycles. The van der Waals surface area contributed by atoms with Gasteiger partial charge in [-0.15, -0.1) is 0 Å². The summed E-state index contributed by atoms with van der Waals surface area (Å²) < 4.78 is 20.9. The second-order valence-corrected chi connectivity index (χ2v) is 5.88. The van der Waals surface area contributed by atoms with Crippen LogP contribution in [0.1, 0.15) is 17.4 Å². The van der Waals surface area contributed by atoms with E-state index in [2.05, 4.69) is 37.0 Å². The van der Waals surface area contributed by atoms with Crippen molar-refractivity contribution in [1.29, 1.82) is 0 Å². The molecule has 0 radical (unpaired) electrons. The van der Waals surface area contributed by atoms with Gasteiger partial charge < -0.3 is 9.84 Å². The van der Waals surface area contributed by atoms with E-state index in [9.17, 15) is 9.50 Å². The van der Waals surface area contributed by atoms with Gasteiger partial charge in [0.05, 0.1) is 34.0 Å². The summed E-state index contributed by atoms with van der Waals surface area (Å²) in [5, 5.41) is 14.7. The molecule has 1 heterocycles. The molecule has 0 spiro atoms. The Morgan fingerprint density at radius 1 is 1.40 bits per heavy atom. The van der Waals surface area contributed by atoms with E-state index in [1.165, 1.54) is 6.07 Å². The van der Waals surface area contributed by atoms with E-state index in [-0.39, 0.29) is 5.82 Å². The van der Waals surface area contributed by atoms with Crippen LogP contribution in [0.5, 0.6) is 0 Å². The highest BCUT2D eigenvalue weighted by molar-refractivity contribution is 9.10. The number of ether oxygens (including phenoxy) is 1.